The molecule has 13 heavy (non-hydrogen) atoms. The lowest BCUT2D eigenvalue weighted by Crippen LogP contribution is -2.46. The molecular formula is C12H21N. The molecule has 3 aliphatic rings. The highest BCUT2D eigenvalue weighted by Crippen LogP contribution is 2.55. The van der Waals surface area contributed by atoms with Gasteiger partial charge in [0.15, 0.2) is 0 Å². The van der Waals surface area contributed by atoms with E-state index in [1.165, 1.54) is 51.4 Å². The summed E-state index contributed by atoms with van der Waals surface area (Å²) in [5, 5.41) is 0. The molecule has 0 aromatic rings. The quantitative estimate of drug-likeness (QED) is 0.658. The van der Waals surface area contributed by atoms with E-state index in [0.29, 0.717) is 5.54 Å². The molecule has 3 saturated carbocycles. The lowest BCUT2D eigenvalue weighted by molar-refractivity contribution is 0.0636. The van der Waals surface area contributed by atoms with Crippen LogP contribution in [0.3, 0.4) is 0 Å². The van der Waals surface area contributed by atoms with Crippen molar-refractivity contribution in [3.05, 3.63) is 0 Å². The molecule has 1 heteroatoms. The van der Waals surface area contributed by atoms with Gasteiger partial charge in [0.05, 0.1) is 0 Å². The summed E-state index contributed by atoms with van der Waals surface area (Å²) in [6, 6.07) is 0. The van der Waals surface area contributed by atoms with Gasteiger partial charge in [-0.05, 0) is 30.6 Å². The minimum atomic E-state index is 0.316. The van der Waals surface area contributed by atoms with Crippen LogP contribution < -0.4 is 5.73 Å². The smallest absolute Gasteiger partial charge is 0.0189 e. The Morgan fingerprint density at radius 2 is 1.31 bits per heavy atom. The van der Waals surface area contributed by atoms with Crippen molar-refractivity contribution in [2.75, 3.05) is 0 Å². The molecular weight excluding hydrogens is 158 g/mol. The van der Waals surface area contributed by atoms with E-state index in [0.717, 1.165) is 17.8 Å². The summed E-state index contributed by atoms with van der Waals surface area (Å²) < 4.78 is 0. The van der Waals surface area contributed by atoms with Gasteiger partial charge >= 0.3 is 0 Å². The molecule has 0 aromatic carbocycles. The minimum Gasteiger partial charge on any atom is -0.325 e. The lowest BCUT2D eigenvalue weighted by atomic mass is 9.61. The second-order valence-corrected chi connectivity index (χ2v) is 5.64. The Balaban J connectivity index is 1.83. The van der Waals surface area contributed by atoms with Gasteiger partial charge in [-0.3, -0.25) is 0 Å². The number of nitrogens with two attached hydrogens (primary N) is 1. The van der Waals surface area contributed by atoms with Gasteiger partial charge in [0.1, 0.15) is 0 Å². The van der Waals surface area contributed by atoms with Crippen LogP contribution in [0.15, 0.2) is 0 Å². The van der Waals surface area contributed by atoms with Gasteiger partial charge < -0.3 is 5.73 Å². The van der Waals surface area contributed by atoms with Crippen molar-refractivity contribution in [2.24, 2.45) is 23.5 Å². The fraction of sp³-hybridized carbons (Fsp3) is 1.00. The van der Waals surface area contributed by atoms with Crippen molar-refractivity contribution in [1.29, 1.82) is 0 Å². The third-order valence-electron chi connectivity index (χ3n) is 4.81. The molecule has 2 bridgehead atoms. The minimum absolute atomic E-state index is 0.316. The summed E-state index contributed by atoms with van der Waals surface area (Å²) in [7, 11) is 0. The van der Waals surface area contributed by atoms with Gasteiger partial charge in [-0.25, -0.2) is 0 Å². The van der Waals surface area contributed by atoms with Gasteiger partial charge in [0, 0.05) is 5.54 Å². The molecule has 0 atom stereocenters. The summed E-state index contributed by atoms with van der Waals surface area (Å²) in [4.78, 5) is 0. The Labute approximate surface area is 81.1 Å². The predicted octanol–water partition coefficient (Wildman–Crippen LogP) is 2.69. The maximum Gasteiger partial charge on any atom is 0.0189 e. The van der Waals surface area contributed by atoms with Crippen LogP contribution in [0, 0.1) is 17.8 Å². The molecule has 0 heterocycles. The van der Waals surface area contributed by atoms with E-state index in [4.69, 9.17) is 5.73 Å². The highest BCUT2D eigenvalue weighted by atomic mass is 14.9. The number of fused-ring (bicyclic) bond motifs is 2. The van der Waals surface area contributed by atoms with E-state index in [2.05, 4.69) is 0 Å². The van der Waals surface area contributed by atoms with Crippen LogP contribution in [0.4, 0.5) is 0 Å². The molecule has 0 saturated heterocycles. The number of rotatable bonds is 1. The maximum atomic E-state index is 6.41. The monoisotopic (exact) mass is 179 g/mol. The second kappa shape index (κ2) is 2.73. The Kier molecular flexibility index (Phi) is 1.74. The summed E-state index contributed by atoms with van der Waals surface area (Å²) in [6.07, 6.45) is 11.6. The average Bonchev–Trinajstić information content (AvgIpc) is 2.84. The first-order valence-corrected chi connectivity index (χ1v) is 6.08. The molecule has 3 fully saturated rings. The Morgan fingerprint density at radius 1 is 0.846 bits per heavy atom. The molecule has 0 unspecified atom stereocenters. The molecule has 0 spiro atoms. The van der Waals surface area contributed by atoms with E-state index in [9.17, 15) is 0 Å². The largest absolute Gasteiger partial charge is 0.325 e. The van der Waals surface area contributed by atoms with Gasteiger partial charge in [0.25, 0.3) is 0 Å². The fourth-order valence-electron chi connectivity index (χ4n) is 4.09. The highest BCUT2D eigenvalue weighted by Gasteiger charge is 2.53. The first-order valence-electron chi connectivity index (χ1n) is 6.08. The topological polar surface area (TPSA) is 26.0 Å². The van der Waals surface area contributed by atoms with Crippen LogP contribution in [0.5, 0.6) is 0 Å². The van der Waals surface area contributed by atoms with Crippen LogP contribution in [0.2, 0.25) is 0 Å². The summed E-state index contributed by atoms with van der Waals surface area (Å²) >= 11 is 0. The SMILES string of the molecule is NC1(C2C3CCCC2CCC3)CC1. The molecule has 0 radical (unpaired) electrons. The van der Waals surface area contributed by atoms with Gasteiger partial charge in [-0.2, -0.15) is 0 Å². The van der Waals surface area contributed by atoms with Crippen molar-refractivity contribution in [3.8, 4) is 0 Å². The fourth-order valence-corrected chi connectivity index (χ4v) is 4.09. The first kappa shape index (κ1) is 8.28. The molecule has 3 aliphatic carbocycles. The predicted molar refractivity (Wildman–Crippen MR) is 54.3 cm³/mol. The zero-order valence-electron chi connectivity index (χ0n) is 8.47. The third kappa shape index (κ3) is 1.24. The molecule has 1 nitrogen and oxygen atoms in total. The number of hydrogen-bond acceptors (Lipinski definition) is 1. The highest BCUT2D eigenvalue weighted by molar-refractivity contribution is 5.09. The van der Waals surface area contributed by atoms with E-state index >= 15 is 0 Å². The van der Waals surface area contributed by atoms with E-state index in [1.54, 1.807) is 0 Å². The molecule has 0 aromatic heterocycles. The van der Waals surface area contributed by atoms with Crippen LogP contribution in [0.25, 0.3) is 0 Å². The third-order valence-corrected chi connectivity index (χ3v) is 4.81. The van der Waals surface area contributed by atoms with Crippen molar-refractivity contribution in [3.63, 3.8) is 0 Å². The Hall–Kier alpha value is -0.0400. The molecule has 74 valence electrons. The summed E-state index contributed by atoms with van der Waals surface area (Å²) in [6.45, 7) is 0. The summed E-state index contributed by atoms with van der Waals surface area (Å²) in [5.41, 5.74) is 6.73. The van der Waals surface area contributed by atoms with E-state index < -0.39 is 0 Å². The van der Waals surface area contributed by atoms with Crippen LogP contribution >= 0.6 is 0 Å². The van der Waals surface area contributed by atoms with Crippen molar-refractivity contribution in [1.82, 2.24) is 0 Å². The van der Waals surface area contributed by atoms with Gasteiger partial charge in [0.2, 0.25) is 0 Å². The second-order valence-electron chi connectivity index (χ2n) is 5.64. The average molecular weight is 179 g/mol. The number of hydrogen-bond donors (Lipinski definition) is 1. The van der Waals surface area contributed by atoms with Crippen molar-refractivity contribution >= 4 is 0 Å². The zero-order valence-corrected chi connectivity index (χ0v) is 8.47. The standard InChI is InChI=1S/C12H21N/c13-12(7-8-12)11-9-3-1-4-10(11)6-2-5-9/h9-11H,1-8,13H2. The van der Waals surface area contributed by atoms with Crippen LogP contribution in [-0.2, 0) is 0 Å². The van der Waals surface area contributed by atoms with E-state index in [-0.39, 0.29) is 0 Å². The molecule has 0 aliphatic heterocycles. The molecule has 2 N–H and O–H groups in total. The normalized spacial score (nSPS) is 47.3. The zero-order chi connectivity index (χ0) is 8.89. The van der Waals surface area contributed by atoms with Gasteiger partial charge in [-0.15, -0.1) is 0 Å². The molecule has 0 amide bonds. The van der Waals surface area contributed by atoms with Crippen molar-refractivity contribution < 1.29 is 0 Å². The van der Waals surface area contributed by atoms with Gasteiger partial charge in [-0.1, -0.05) is 38.5 Å². The Bertz CT molecular complexity index is 185. The summed E-state index contributed by atoms with van der Waals surface area (Å²) in [5.74, 6) is 2.95. The maximum absolute atomic E-state index is 6.41. The van der Waals surface area contributed by atoms with Crippen LogP contribution in [0.1, 0.15) is 51.4 Å². The van der Waals surface area contributed by atoms with E-state index in [1.807, 2.05) is 0 Å². The van der Waals surface area contributed by atoms with Crippen LogP contribution in [-0.4, -0.2) is 5.54 Å². The Morgan fingerprint density at radius 3 is 1.69 bits per heavy atom. The van der Waals surface area contributed by atoms with Crippen molar-refractivity contribution in [2.45, 2.75) is 56.9 Å². The lowest BCUT2D eigenvalue weighted by Gasteiger charge is -2.46. The molecule has 3 rings (SSSR count). The first-order chi connectivity index (χ1) is 6.30.